The van der Waals surface area contributed by atoms with Gasteiger partial charge in [0.25, 0.3) is 0 Å². The molecule has 0 aliphatic heterocycles. The monoisotopic (exact) mass is 1170 g/mol. The molecule has 0 bridgehead atoms. The third-order valence-electron chi connectivity index (χ3n) is 13.7. The molecule has 0 amide bonds. The molecule has 0 fully saturated rings. The first-order chi connectivity index (χ1) is 37.9. The molecule has 17 nitrogen and oxygen atoms in total. The number of esters is 4. The molecule has 0 spiro atoms. The van der Waals surface area contributed by atoms with Crippen molar-refractivity contribution in [2.75, 3.05) is 39.6 Å². The number of hydrogen-bond acceptors (Lipinski definition) is 15. The fraction of sp³-hybridized carbons (Fsp3) is 0.933. The number of aliphatic hydroxyl groups excluding tert-OH is 1. The standard InChI is InChI=1S/C60H116O17P2/c1-7-9-11-13-15-17-18-20-24-32-38-44-59(64)76-55(48-71-58(63)43-37-31-25-21-22-28-34-40-52(3)4)50-74-78(66,67)72-46-54(61)47-73-79(68,69)75-51-56(77-60(65)45-39-33-27-26-29-35-41-53(5)6)49-70-57(62)42-36-30-23-19-16-14-12-10-8-2/h52-56,61H,7-51H2,1-6H3,(H,66,67)(H,68,69)/t54-,55-,56-/m1/s1. The molecule has 0 saturated carbocycles. The summed E-state index contributed by atoms with van der Waals surface area (Å²) >= 11 is 0. The maximum atomic E-state index is 12.9. The molecule has 19 heteroatoms. The molecule has 0 aromatic carbocycles. The van der Waals surface area contributed by atoms with E-state index in [1.54, 1.807) is 0 Å². The van der Waals surface area contributed by atoms with E-state index in [1.807, 2.05) is 0 Å². The normalized spacial score (nSPS) is 14.4. The Hall–Kier alpha value is -1.94. The molecule has 0 aromatic heterocycles. The third-order valence-corrected chi connectivity index (χ3v) is 15.6. The summed E-state index contributed by atoms with van der Waals surface area (Å²) in [4.78, 5) is 71.9. The molecular weight excluding hydrogens is 1050 g/mol. The first-order valence-electron chi connectivity index (χ1n) is 31.5. The Labute approximate surface area is 479 Å². The number of carbonyl (C=O) groups excluding carboxylic acids is 4. The molecule has 468 valence electrons. The summed E-state index contributed by atoms with van der Waals surface area (Å²) in [6.07, 6.45) is 33.7. The number of phosphoric ester groups is 2. The Balaban J connectivity index is 5.23. The fourth-order valence-electron chi connectivity index (χ4n) is 8.82. The van der Waals surface area contributed by atoms with Gasteiger partial charge >= 0.3 is 39.5 Å². The van der Waals surface area contributed by atoms with Crippen molar-refractivity contribution in [3.05, 3.63) is 0 Å². The summed E-state index contributed by atoms with van der Waals surface area (Å²) in [7, 11) is -9.87. The maximum absolute atomic E-state index is 12.9. The van der Waals surface area contributed by atoms with Crippen LogP contribution in [-0.2, 0) is 65.4 Å². The molecule has 0 aliphatic rings. The smallest absolute Gasteiger partial charge is 0.462 e. The van der Waals surface area contributed by atoms with Crippen molar-refractivity contribution in [1.29, 1.82) is 0 Å². The first-order valence-corrected chi connectivity index (χ1v) is 34.5. The molecule has 0 heterocycles. The quantitative estimate of drug-likeness (QED) is 0.0222. The van der Waals surface area contributed by atoms with Crippen LogP contribution in [0.2, 0.25) is 0 Å². The lowest BCUT2D eigenvalue weighted by Crippen LogP contribution is -2.30. The van der Waals surface area contributed by atoms with Crippen LogP contribution in [0.25, 0.3) is 0 Å². The lowest BCUT2D eigenvalue weighted by molar-refractivity contribution is -0.161. The van der Waals surface area contributed by atoms with E-state index in [-0.39, 0.29) is 25.7 Å². The van der Waals surface area contributed by atoms with Gasteiger partial charge in [-0.3, -0.25) is 37.3 Å². The number of phosphoric acid groups is 2. The van der Waals surface area contributed by atoms with E-state index in [0.29, 0.717) is 37.5 Å². The zero-order valence-corrected chi connectivity index (χ0v) is 52.4. The molecule has 2 unspecified atom stereocenters. The number of carbonyl (C=O) groups is 4. The van der Waals surface area contributed by atoms with E-state index in [4.69, 9.17) is 37.0 Å². The van der Waals surface area contributed by atoms with Crippen LogP contribution in [0.5, 0.6) is 0 Å². The Bertz CT molecular complexity index is 1560. The van der Waals surface area contributed by atoms with Crippen molar-refractivity contribution >= 4 is 39.5 Å². The summed E-state index contributed by atoms with van der Waals surface area (Å²) in [5.74, 6) is -0.770. The van der Waals surface area contributed by atoms with Gasteiger partial charge in [0.15, 0.2) is 12.2 Å². The van der Waals surface area contributed by atoms with Crippen LogP contribution in [-0.4, -0.2) is 96.7 Å². The number of ether oxygens (including phenoxy) is 4. The highest BCUT2D eigenvalue weighted by atomic mass is 31.2. The topological polar surface area (TPSA) is 237 Å². The van der Waals surface area contributed by atoms with Crippen LogP contribution >= 0.6 is 15.6 Å². The molecule has 79 heavy (non-hydrogen) atoms. The second-order valence-corrected chi connectivity index (χ2v) is 25.6. The predicted molar refractivity (Wildman–Crippen MR) is 312 cm³/mol. The minimum atomic E-state index is -4.94. The van der Waals surface area contributed by atoms with Gasteiger partial charge in [-0.25, -0.2) is 9.13 Å². The van der Waals surface area contributed by atoms with E-state index < -0.39 is 97.5 Å². The second kappa shape index (κ2) is 52.8. The van der Waals surface area contributed by atoms with Gasteiger partial charge in [-0.2, -0.15) is 0 Å². The van der Waals surface area contributed by atoms with Gasteiger partial charge in [0, 0.05) is 25.7 Å². The minimum Gasteiger partial charge on any atom is -0.462 e. The number of rotatable bonds is 59. The number of unbranched alkanes of at least 4 members (excludes halogenated alkanes) is 29. The van der Waals surface area contributed by atoms with E-state index >= 15 is 0 Å². The first kappa shape index (κ1) is 77.1. The number of hydrogen-bond donors (Lipinski definition) is 3. The predicted octanol–water partition coefficient (Wildman–Crippen LogP) is 16.1. The van der Waals surface area contributed by atoms with Crippen LogP contribution in [0.1, 0.15) is 292 Å². The number of aliphatic hydroxyl groups is 1. The summed E-state index contributed by atoms with van der Waals surface area (Å²) < 4.78 is 67.7. The van der Waals surface area contributed by atoms with Crippen molar-refractivity contribution in [3.8, 4) is 0 Å². The van der Waals surface area contributed by atoms with Crippen LogP contribution in [0.4, 0.5) is 0 Å². The van der Waals surface area contributed by atoms with Crippen molar-refractivity contribution in [2.45, 2.75) is 310 Å². The van der Waals surface area contributed by atoms with Crippen LogP contribution in [0.3, 0.4) is 0 Å². The highest BCUT2D eigenvalue weighted by Crippen LogP contribution is 2.45. The van der Waals surface area contributed by atoms with Crippen molar-refractivity contribution in [1.82, 2.24) is 0 Å². The van der Waals surface area contributed by atoms with Gasteiger partial charge in [-0.05, 0) is 37.5 Å². The lowest BCUT2D eigenvalue weighted by atomic mass is 10.0. The third kappa shape index (κ3) is 55.0. The van der Waals surface area contributed by atoms with Gasteiger partial charge in [0.05, 0.1) is 26.4 Å². The van der Waals surface area contributed by atoms with Gasteiger partial charge < -0.3 is 33.8 Å². The van der Waals surface area contributed by atoms with Crippen LogP contribution in [0.15, 0.2) is 0 Å². The van der Waals surface area contributed by atoms with E-state index in [1.165, 1.54) is 103 Å². The molecule has 0 aromatic rings. The molecule has 5 atom stereocenters. The Morgan fingerprint density at radius 2 is 0.582 bits per heavy atom. The highest BCUT2D eigenvalue weighted by Gasteiger charge is 2.30. The van der Waals surface area contributed by atoms with E-state index in [0.717, 1.165) is 96.3 Å². The van der Waals surface area contributed by atoms with E-state index in [2.05, 4.69) is 41.5 Å². The average molecular weight is 1170 g/mol. The van der Waals surface area contributed by atoms with Gasteiger partial charge in [-0.1, -0.05) is 241 Å². The van der Waals surface area contributed by atoms with Gasteiger partial charge in [-0.15, -0.1) is 0 Å². The van der Waals surface area contributed by atoms with Crippen LogP contribution in [0, 0.1) is 11.8 Å². The zero-order valence-electron chi connectivity index (χ0n) is 50.7. The molecule has 0 rings (SSSR count). The molecule has 0 saturated heterocycles. The fourth-order valence-corrected chi connectivity index (χ4v) is 10.4. The summed E-state index contributed by atoms with van der Waals surface area (Å²) in [5.41, 5.74) is 0. The summed E-state index contributed by atoms with van der Waals surface area (Å²) in [5, 5.41) is 10.5. The largest absolute Gasteiger partial charge is 0.472 e. The highest BCUT2D eigenvalue weighted by molar-refractivity contribution is 7.47. The Kier molecular flexibility index (Phi) is 51.5. The Morgan fingerprint density at radius 3 is 0.861 bits per heavy atom. The maximum Gasteiger partial charge on any atom is 0.472 e. The molecule has 3 N–H and O–H groups in total. The molecular formula is C60H116O17P2. The SMILES string of the molecule is CCCCCCCCCCCCCC(=O)O[C@H](COC(=O)CCCCCCCCCC(C)C)COP(=O)(O)OC[C@@H](O)COP(=O)(O)OC[C@@H](COC(=O)CCCCCCCCCCC)OC(=O)CCCCCCCCC(C)C. The minimum absolute atomic E-state index is 0.102. The molecule has 0 radical (unpaired) electrons. The van der Waals surface area contributed by atoms with Gasteiger partial charge in [0.2, 0.25) is 0 Å². The van der Waals surface area contributed by atoms with Gasteiger partial charge in [0.1, 0.15) is 19.3 Å². The Morgan fingerprint density at radius 1 is 0.342 bits per heavy atom. The summed E-state index contributed by atoms with van der Waals surface area (Å²) in [6, 6.07) is 0. The summed E-state index contributed by atoms with van der Waals surface area (Å²) in [6.45, 7) is 9.29. The molecule has 0 aliphatic carbocycles. The van der Waals surface area contributed by atoms with Crippen molar-refractivity contribution < 1.29 is 80.2 Å². The second-order valence-electron chi connectivity index (χ2n) is 22.7. The van der Waals surface area contributed by atoms with Crippen molar-refractivity contribution in [2.24, 2.45) is 11.8 Å². The van der Waals surface area contributed by atoms with Crippen LogP contribution < -0.4 is 0 Å². The lowest BCUT2D eigenvalue weighted by Gasteiger charge is -2.21. The van der Waals surface area contributed by atoms with Crippen molar-refractivity contribution in [3.63, 3.8) is 0 Å². The average Bonchev–Trinajstić information content (AvgIpc) is 3.40. The zero-order chi connectivity index (χ0) is 58.7. The van der Waals surface area contributed by atoms with E-state index in [9.17, 15) is 43.2 Å².